The summed E-state index contributed by atoms with van der Waals surface area (Å²) in [7, 11) is 1.55. The zero-order chi connectivity index (χ0) is 16.4. The van der Waals surface area contributed by atoms with Crippen molar-refractivity contribution in [1.29, 1.82) is 0 Å². The zero-order valence-electron chi connectivity index (χ0n) is 12.3. The summed E-state index contributed by atoms with van der Waals surface area (Å²) in [5.74, 6) is -1.28. The van der Waals surface area contributed by atoms with E-state index in [4.69, 9.17) is 9.57 Å². The molecule has 23 heavy (non-hydrogen) atoms. The van der Waals surface area contributed by atoms with E-state index in [-0.39, 0.29) is 17.5 Å². The minimum absolute atomic E-state index is 0.0581. The fraction of sp³-hybridized carbons (Fsp3) is 0.118. The molecule has 2 amide bonds. The Labute approximate surface area is 132 Å². The first kappa shape index (κ1) is 14.8. The number of carbonyl (C=O) groups excluding carboxylic acids is 3. The number of imide groups is 1. The number of hydroxylamine groups is 2. The van der Waals surface area contributed by atoms with Crippen molar-refractivity contribution in [3.8, 4) is 5.75 Å². The fourth-order valence-corrected chi connectivity index (χ4v) is 2.29. The molecule has 0 atom stereocenters. The molecule has 0 unspecified atom stereocenters. The van der Waals surface area contributed by atoms with Crippen LogP contribution in [-0.2, 0) is 16.1 Å². The number of rotatable bonds is 4. The standard InChI is InChI=1S/C17H13NO5/c1-22-12-8-6-11(7-9-12)10-15(19)23-18-16(20)13-4-2-3-5-14(13)17(18)21/h2-9H,10H2,1H3. The molecule has 1 aliphatic heterocycles. The van der Waals surface area contributed by atoms with Crippen LogP contribution in [-0.4, -0.2) is 30.0 Å². The minimum Gasteiger partial charge on any atom is -0.497 e. The maximum Gasteiger partial charge on any atom is 0.337 e. The van der Waals surface area contributed by atoms with Crippen LogP contribution in [0.2, 0.25) is 0 Å². The Bertz CT molecular complexity index is 747. The van der Waals surface area contributed by atoms with Crippen LogP contribution < -0.4 is 4.74 Å². The zero-order valence-corrected chi connectivity index (χ0v) is 12.3. The van der Waals surface area contributed by atoms with E-state index in [0.717, 1.165) is 0 Å². The lowest BCUT2D eigenvalue weighted by molar-refractivity contribution is -0.167. The van der Waals surface area contributed by atoms with Crippen molar-refractivity contribution < 1.29 is 24.0 Å². The highest BCUT2D eigenvalue weighted by atomic mass is 16.7. The predicted molar refractivity (Wildman–Crippen MR) is 79.7 cm³/mol. The molecule has 2 aromatic rings. The number of carbonyl (C=O) groups is 3. The molecule has 1 heterocycles. The first-order chi connectivity index (χ1) is 11.1. The second-order valence-corrected chi connectivity index (χ2v) is 4.94. The summed E-state index contributed by atoms with van der Waals surface area (Å²) in [4.78, 5) is 41.1. The van der Waals surface area contributed by atoms with Crippen LogP contribution in [0.5, 0.6) is 5.75 Å². The Hall–Kier alpha value is -3.15. The number of methoxy groups -OCH3 is 1. The maximum atomic E-state index is 12.1. The van der Waals surface area contributed by atoms with Gasteiger partial charge in [-0.1, -0.05) is 29.3 Å². The van der Waals surface area contributed by atoms with Crippen LogP contribution in [0.1, 0.15) is 26.3 Å². The average molecular weight is 311 g/mol. The molecule has 0 spiro atoms. The Morgan fingerprint density at radius 2 is 1.52 bits per heavy atom. The number of benzene rings is 2. The normalized spacial score (nSPS) is 13.0. The molecular formula is C17H13NO5. The second kappa shape index (κ2) is 5.92. The van der Waals surface area contributed by atoms with Gasteiger partial charge in [-0.15, -0.1) is 0 Å². The Morgan fingerprint density at radius 3 is 2.04 bits per heavy atom. The van der Waals surface area contributed by atoms with E-state index in [1.54, 1.807) is 43.5 Å². The molecule has 2 aromatic carbocycles. The van der Waals surface area contributed by atoms with Gasteiger partial charge in [0, 0.05) is 0 Å². The topological polar surface area (TPSA) is 72.9 Å². The van der Waals surface area contributed by atoms with Crippen LogP contribution in [0.4, 0.5) is 0 Å². The molecule has 0 fully saturated rings. The molecule has 0 aliphatic carbocycles. The molecule has 0 saturated heterocycles. The van der Waals surface area contributed by atoms with Crippen molar-refractivity contribution in [3.63, 3.8) is 0 Å². The third-order valence-corrected chi connectivity index (χ3v) is 3.46. The van der Waals surface area contributed by atoms with Gasteiger partial charge < -0.3 is 9.57 Å². The lowest BCUT2D eigenvalue weighted by atomic mass is 10.1. The molecule has 1 aliphatic rings. The number of hydrogen-bond donors (Lipinski definition) is 0. The second-order valence-electron chi connectivity index (χ2n) is 4.94. The van der Waals surface area contributed by atoms with Gasteiger partial charge in [-0.3, -0.25) is 9.59 Å². The average Bonchev–Trinajstić information content (AvgIpc) is 2.81. The highest BCUT2D eigenvalue weighted by Crippen LogP contribution is 2.23. The molecule has 3 rings (SSSR count). The summed E-state index contributed by atoms with van der Waals surface area (Å²) in [6, 6.07) is 13.2. The Balaban J connectivity index is 1.69. The van der Waals surface area contributed by atoms with Crippen molar-refractivity contribution in [2.45, 2.75) is 6.42 Å². The van der Waals surface area contributed by atoms with Crippen LogP contribution >= 0.6 is 0 Å². The smallest absolute Gasteiger partial charge is 0.337 e. The summed E-state index contributed by atoms with van der Waals surface area (Å²) in [5, 5.41) is 0.510. The van der Waals surface area contributed by atoms with Gasteiger partial charge in [0.1, 0.15) is 5.75 Å². The number of nitrogens with zero attached hydrogens (tertiary/aromatic N) is 1. The van der Waals surface area contributed by atoms with E-state index in [0.29, 0.717) is 16.4 Å². The van der Waals surface area contributed by atoms with E-state index in [1.165, 1.54) is 12.1 Å². The molecule has 6 heteroatoms. The minimum atomic E-state index is -0.690. The molecule has 0 radical (unpaired) electrons. The third-order valence-electron chi connectivity index (χ3n) is 3.46. The maximum absolute atomic E-state index is 12.1. The van der Waals surface area contributed by atoms with Gasteiger partial charge in [-0.25, -0.2) is 4.79 Å². The highest BCUT2D eigenvalue weighted by molar-refractivity contribution is 6.20. The molecule has 0 aromatic heterocycles. The first-order valence-electron chi connectivity index (χ1n) is 6.91. The molecular weight excluding hydrogens is 298 g/mol. The van der Waals surface area contributed by atoms with Crippen molar-refractivity contribution in [2.24, 2.45) is 0 Å². The van der Waals surface area contributed by atoms with Crippen LogP contribution in [0.3, 0.4) is 0 Å². The number of fused-ring (bicyclic) bond motifs is 1. The van der Waals surface area contributed by atoms with Gasteiger partial charge in [-0.05, 0) is 29.8 Å². The van der Waals surface area contributed by atoms with Gasteiger partial charge in [0.25, 0.3) is 11.8 Å². The summed E-state index contributed by atoms with van der Waals surface area (Å²) < 4.78 is 5.03. The van der Waals surface area contributed by atoms with Crippen molar-refractivity contribution >= 4 is 17.8 Å². The molecule has 116 valence electrons. The number of hydrogen-bond acceptors (Lipinski definition) is 5. The van der Waals surface area contributed by atoms with Crippen LogP contribution in [0.25, 0.3) is 0 Å². The fourth-order valence-electron chi connectivity index (χ4n) is 2.29. The summed E-state index contributed by atoms with van der Waals surface area (Å²) >= 11 is 0. The van der Waals surface area contributed by atoms with Gasteiger partial charge in [-0.2, -0.15) is 0 Å². The van der Waals surface area contributed by atoms with Crippen molar-refractivity contribution in [3.05, 3.63) is 65.2 Å². The summed E-state index contributed by atoms with van der Waals surface area (Å²) in [5.41, 5.74) is 1.15. The van der Waals surface area contributed by atoms with E-state index in [9.17, 15) is 14.4 Å². The molecule has 0 N–H and O–H groups in total. The lowest BCUT2D eigenvalue weighted by Crippen LogP contribution is -2.33. The predicted octanol–water partition coefficient (Wildman–Crippen LogP) is 1.99. The molecule has 0 bridgehead atoms. The Kier molecular flexibility index (Phi) is 3.80. The largest absolute Gasteiger partial charge is 0.497 e. The van der Waals surface area contributed by atoms with Gasteiger partial charge in [0.15, 0.2) is 0 Å². The number of amides is 2. The first-order valence-corrected chi connectivity index (χ1v) is 6.91. The molecule has 6 nitrogen and oxygen atoms in total. The van der Waals surface area contributed by atoms with Crippen LogP contribution in [0.15, 0.2) is 48.5 Å². The van der Waals surface area contributed by atoms with Crippen molar-refractivity contribution in [1.82, 2.24) is 5.06 Å². The van der Waals surface area contributed by atoms with Gasteiger partial charge in [0.05, 0.1) is 24.7 Å². The number of ether oxygens (including phenoxy) is 1. The monoisotopic (exact) mass is 311 g/mol. The Morgan fingerprint density at radius 1 is 0.957 bits per heavy atom. The quantitative estimate of drug-likeness (QED) is 0.807. The van der Waals surface area contributed by atoms with Crippen LogP contribution in [0, 0.1) is 0 Å². The molecule has 0 saturated carbocycles. The van der Waals surface area contributed by atoms with E-state index in [2.05, 4.69) is 0 Å². The SMILES string of the molecule is COc1ccc(CC(=O)ON2C(=O)c3ccccc3C2=O)cc1. The van der Waals surface area contributed by atoms with Crippen molar-refractivity contribution in [2.75, 3.05) is 7.11 Å². The summed E-state index contributed by atoms with van der Waals surface area (Å²) in [6.07, 6.45) is -0.0581. The van der Waals surface area contributed by atoms with E-state index in [1.807, 2.05) is 0 Å². The van der Waals surface area contributed by atoms with Gasteiger partial charge >= 0.3 is 5.97 Å². The third kappa shape index (κ3) is 2.78. The van der Waals surface area contributed by atoms with E-state index < -0.39 is 17.8 Å². The van der Waals surface area contributed by atoms with E-state index >= 15 is 0 Å². The highest BCUT2D eigenvalue weighted by Gasteiger charge is 2.38. The summed E-state index contributed by atoms with van der Waals surface area (Å²) in [6.45, 7) is 0. The lowest BCUT2D eigenvalue weighted by Gasteiger charge is -2.12. The van der Waals surface area contributed by atoms with Gasteiger partial charge in [0.2, 0.25) is 0 Å².